The van der Waals surface area contributed by atoms with Crippen molar-refractivity contribution in [3.8, 4) is 51.0 Å². The van der Waals surface area contributed by atoms with Crippen molar-refractivity contribution >= 4 is 86.4 Å². The molecule has 0 spiro atoms. The van der Waals surface area contributed by atoms with Crippen molar-refractivity contribution in [1.29, 1.82) is 0 Å². The van der Waals surface area contributed by atoms with Crippen LogP contribution in [0.4, 0.5) is 0 Å². The number of hydrogen-bond acceptors (Lipinski definition) is 3. The topological polar surface area (TPSA) is 43.6 Å². The summed E-state index contributed by atoms with van der Waals surface area (Å²) in [6.07, 6.45) is 0. The summed E-state index contributed by atoms with van der Waals surface area (Å²) >= 11 is 0. The summed E-state index contributed by atoms with van der Waals surface area (Å²) < 4.78 is 2.36. The van der Waals surface area contributed by atoms with Gasteiger partial charge in [0.15, 0.2) is 17.5 Å². The lowest BCUT2D eigenvalue weighted by molar-refractivity contribution is 1.08. The summed E-state index contributed by atoms with van der Waals surface area (Å²) in [4.78, 5) is 16.0. The van der Waals surface area contributed by atoms with Gasteiger partial charge in [0.05, 0.1) is 11.0 Å². The number of fused-ring (bicyclic) bond motifs is 5. The van der Waals surface area contributed by atoms with Gasteiger partial charge in [-0.05, 0) is 118 Å². The second kappa shape index (κ2) is 13.9. The lowest BCUT2D eigenvalue weighted by atomic mass is 9.87. The van der Waals surface area contributed by atoms with E-state index in [-0.39, 0.29) is 0 Å². The van der Waals surface area contributed by atoms with Crippen LogP contribution in [-0.4, -0.2) is 19.5 Å². The molecule has 0 aliphatic rings. The predicted octanol–water partition coefficient (Wildman–Crippen LogP) is 16.0. The van der Waals surface area contributed by atoms with Gasteiger partial charge in [-0.2, -0.15) is 0 Å². The van der Waals surface area contributed by atoms with Gasteiger partial charge >= 0.3 is 0 Å². The molecule has 0 unspecified atom stereocenters. The molecule has 0 saturated heterocycles. The Morgan fingerprint density at radius 1 is 0.262 bits per heavy atom. The molecule has 300 valence electrons. The van der Waals surface area contributed by atoms with Crippen LogP contribution in [0.3, 0.4) is 0 Å². The average Bonchev–Trinajstić information content (AvgIpc) is 3.71. The zero-order valence-electron chi connectivity index (χ0n) is 35.1. The van der Waals surface area contributed by atoms with Gasteiger partial charge in [-0.1, -0.05) is 176 Å². The molecule has 4 heteroatoms. The molecule has 2 aromatic heterocycles. The van der Waals surface area contributed by atoms with E-state index in [4.69, 9.17) is 15.0 Å². The fourth-order valence-corrected chi connectivity index (χ4v) is 10.7. The number of para-hydroxylation sites is 2. The molecule has 65 heavy (non-hydrogen) atoms. The average molecular weight is 825 g/mol. The van der Waals surface area contributed by atoms with Crippen molar-refractivity contribution < 1.29 is 0 Å². The summed E-state index contributed by atoms with van der Waals surface area (Å²) in [5, 5.41) is 17.2. The molecule has 0 aliphatic carbocycles. The first-order valence-electron chi connectivity index (χ1n) is 22.2. The van der Waals surface area contributed by atoms with Crippen LogP contribution in [0.2, 0.25) is 0 Å². The maximum atomic E-state index is 5.44. The van der Waals surface area contributed by atoms with Gasteiger partial charge in [0, 0.05) is 33.2 Å². The van der Waals surface area contributed by atoms with E-state index in [0.717, 1.165) is 44.4 Å². The second-order valence-corrected chi connectivity index (χ2v) is 17.1. The normalized spacial score (nSPS) is 12.0. The van der Waals surface area contributed by atoms with Crippen molar-refractivity contribution in [2.75, 3.05) is 0 Å². The van der Waals surface area contributed by atoms with Crippen LogP contribution in [0.5, 0.6) is 0 Å². The molecule has 0 radical (unpaired) electrons. The third-order valence-corrected chi connectivity index (χ3v) is 13.5. The minimum atomic E-state index is 0.626. The van der Waals surface area contributed by atoms with E-state index in [1.807, 2.05) is 18.2 Å². The molecular formula is C61H36N4. The van der Waals surface area contributed by atoms with E-state index in [0.29, 0.717) is 17.5 Å². The molecule has 0 amide bonds. The van der Waals surface area contributed by atoms with Crippen LogP contribution in [-0.2, 0) is 0 Å². The first-order valence-corrected chi connectivity index (χ1v) is 22.2. The van der Waals surface area contributed by atoms with Crippen molar-refractivity contribution in [3.05, 3.63) is 218 Å². The van der Waals surface area contributed by atoms with Gasteiger partial charge in [-0.3, -0.25) is 0 Å². The lowest BCUT2D eigenvalue weighted by Gasteiger charge is -2.17. The van der Waals surface area contributed by atoms with E-state index < -0.39 is 0 Å². The number of benzene rings is 11. The first kappa shape index (κ1) is 35.8. The Morgan fingerprint density at radius 3 is 1.45 bits per heavy atom. The summed E-state index contributed by atoms with van der Waals surface area (Å²) in [6.45, 7) is 0. The molecule has 0 N–H and O–H groups in total. The Kier molecular flexibility index (Phi) is 7.65. The van der Waals surface area contributed by atoms with Gasteiger partial charge < -0.3 is 4.57 Å². The minimum Gasteiger partial charge on any atom is -0.309 e. The molecule has 0 atom stereocenters. The second-order valence-electron chi connectivity index (χ2n) is 17.1. The van der Waals surface area contributed by atoms with Crippen LogP contribution in [0.15, 0.2) is 218 Å². The molecular weight excluding hydrogens is 789 g/mol. The number of nitrogens with zero attached hydrogens (tertiary/aromatic N) is 4. The smallest absolute Gasteiger partial charge is 0.164 e. The van der Waals surface area contributed by atoms with Gasteiger partial charge in [0.25, 0.3) is 0 Å². The van der Waals surface area contributed by atoms with Crippen molar-refractivity contribution in [3.63, 3.8) is 0 Å². The van der Waals surface area contributed by atoms with Gasteiger partial charge in [0.1, 0.15) is 0 Å². The van der Waals surface area contributed by atoms with Crippen molar-refractivity contribution in [2.45, 2.75) is 0 Å². The van der Waals surface area contributed by atoms with E-state index in [1.165, 1.54) is 75.5 Å². The Morgan fingerprint density at radius 2 is 0.754 bits per heavy atom. The van der Waals surface area contributed by atoms with Gasteiger partial charge in [-0.25, -0.2) is 15.0 Å². The Bertz CT molecular complexity index is 4220. The molecule has 0 fully saturated rings. The minimum absolute atomic E-state index is 0.626. The summed E-state index contributed by atoms with van der Waals surface area (Å²) in [6, 6.07) is 78.7. The third kappa shape index (κ3) is 5.41. The Balaban J connectivity index is 1.03. The quantitative estimate of drug-likeness (QED) is 0.162. The van der Waals surface area contributed by atoms with Crippen LogP contribution in [0.1, 0.15) is 0 Å². The van der Waals surface area contributed by atoms with Gasteiger partial charge in [-0.15, -0.1) is 0 Å². The van der Waals surface area contributed by atoms with Crippen LogP contribution in [0, 0.1) is 0 Å². The highest BCUT2D eigenvalue weighted by atomic mass is 15.0. The first-order chi connectivity index (χ1) is 32.2. The highest BCUT2D eigenvalue weighted by Gasteiger charge is 2.21. The zero-order valence-corrected chi connectivity index (χ0v) is 35.1. The zero-order chi connectivity index (χ0) is 42.6. The largest absolute Gasteiger partial charge is 0.309 e. The molecule has 2 heterocycles. The Labute approximate surface area is 373 Å². The molecule has 0 aliphatic heterocycles. The molecule has 14 rings (SSSR count). The maximum absolute atomic E-state index is 5.44. The highest BCUT2D eigenvalue weighted by Crippen LogP contribution is 2.45. The summed E-state index contributed by atoms with van der Waals surface area (Å²) in [7, 11) is 0. The van der Waals surface area contributed by atoms with E-state index in [9.17, 15) is 0 Å². The fourth-order valence-electron chi connectivity index (χ4n) is 10.7. The Hall–Kier alpha value is -8.73. The SMILES string of the molecule is c1ccc(-c2nc(-c3cc4ccc5cccc6c7cccc8ccc9cccc(c(c3)c4c56)c9c87)nc(-c3ccccc3-c3ccc4c(c3)c3ccccc3n4-c3ccccc3)n2)cc1. The van der Waals surface area contributed by atoms with E-state index in [2.05, 4.69) is 205 Å². The molecule has 12 aromatic carbocycles. The summed E-state index contributed by atoms with van der Waals surface area (Å²) in [5.41, 5.74) is 8.45. The van der Waals surface area contributed by atoms with Crippen molar-refractivity contribution in [1.82, 2.24) is 19.5 Å². The maximum Gasteiger partial charge on any atom is 0.164 e. The predicted molar refractivity (Wildman–Crippen MR) is 272 cm³/mol. The lowest BCUT2D eigenvalue weighted by Crippen LogP contribution is -2.01. The number of aromatic nitrogens is 4. The number of hydrogen-bond donors (Lipinski definition) is 0. The molecule has 14 aromatic rings. The van der Waals surface area contributed by atoms with Crippen LogP contribution >= 0.6 is 0 Å². The van der Waals surface area contributed by atoms with Crippen molar-refractivity contribution in [2.24, 2.45) is 0 Å². The van der Waals surface area contributed by atoms with Crippen LogP contribution in [0.25, 0.3) is 137 Å². The van der Waals surface area contributed by atoms with E-state index in [1.54, 1.807) is 0 Å². The molecule has 4 nitrogen and oxygen atoms in total. The summed E-state index contributed by atoms with van der Waals surface area (Å²) in [5.74, 6) is 1.89. The highest BCUT2D eigenvalue weighted by molar-refractivity contribution is 6.37. The van der Waals surface area contributed by atoms with Gasteiger partial charge in [0.2, 0.25) is 0 Å². The number of rotatable bonds is 5. The monoisotopic (exact) mass is 824 g/mol. The van der Waals surface area contributed by atoms with Crippen LogP contribution < -0.4 is 0 Å². The molecule has 0 bridgehead atoms. The standard InChI is InChI=1S/C61H36N4/c1-3-14-40(15-4-1)59-62-60(64-61(63-59)50-23-8-7-21-45(50)41-32-33-54-51(35-41)46-22-9-10-27-53(46)65(54)44-19-5-2-6-20-44)43-34-42-31-30-39-17-12-25-48-47-24-11-16-37-28-29-38-18-13-26-49(57(38)55(37)47)52(36-43)58(42)56(39)48/h1-36H. The third-order valence-electron chi connectivity index (χ3n) is 13.5. The fraction of sp³-hybridized carbons (Fsp3) is 0. The molecule has 0 saturated carbocycles. The van der Waals surface area contributed by atoms with E-state index >= 15 is 0 Å².